The molecule has 0 atom stereocenters. The number of hydrogen-bond donors (Lipinski definition) is 0. The third kappa shape index (κ3) is 5.20. The van der Waals surface area contributed by atoms with E-state index in [1.807, 2.05) is 60.7 Å². The van der Waals surface area contributed by atoms with Gasteiger partial charge < -0.3 is 4.90 Å². The summed E-state index contributed by atoms with van der Waals surface area (Å²) in [6.07, 6.45) is 1.08. The molecule has 0 bridgehead atoms. The molecule has 3 rings (SSSR count). The zero-order valence-corrected chi connectivity index (χ0v) is 16.3. The van der Waals surface area contributed by atoms with Gasteiger partial charge in [-0.05, 0) is 11.1 Å². The Morgan fingerprint density at radius 1 is 0.893 bits per heavy atom. The van der Waals surface area contributed by atoms with Crippen molar-refractivity contribution in [2.24, 2.45) is 0 Å². The number of nitrogens with zero attached hydrogens (tertiary/aromatic N) is 2. The SMILES string of the molecule is CC(=O)C(=O)CC(=O)c1cnc(N(Cc2ccccc2)Cc2ccccc2)s1. The molecule has 6 heteroatoms. The normalized spacial score (nSPS) is 10.5. The van der Waals surface area contributed by atoms with Gasteiger partial charge in [-0.2, -0.15) is 0 Å². The molecular weight excluding hydrogens is 372 g/mol. The summed E-state index contributed by atoms with van der Waals surface area (Å²) in [7, 11) is 0. The molecule has 28 heavy (non-hydrogen) atoms. The molecule has 0 unspecified atom stereocenters. The Bertz CT molecular complexity index is 926. The van der Waals surface area contributed by atoms with Gasteiger partial charge in [-0.25, -0.2) is 4.98 Å². The summed E-state index contributed by atoms with van der Waals surface area (Å²) < 4.78 is 0. The molecule has 0 aliphatic carbocycles. The third-order valence-corrected chi connectivity index (χ3v) is 5.28. The van der Waals surface area contributed by atoms with E-state index in [9.17, 15) is 14.4 Å². The van der Waals surface area contributed by atoms with E-state index in [0.717, 1.165) is 11.1 Å². The number of Topliss-reactive ketones (excluding diaryl/α,β-unsaturated/α-hetero) is 3. The summed E-state index contributed by atoms with van der Waals surface area (Å²) in [5.74, 6) is -1.65. The lowest BCUT2D eigenvalue weighted by atomic mass is 10.1. The van der Waals surface area contributed by atoms with Crippen LogP contribution in [0.4, 0.5) is 5.13 Å². The number of anilines is 1. The zero-order chi connectivity index (χ0) is 19.9. The van der Waals surface area contributed by atoms with E-state index in [4.69, 9.17) is 0 Å². The van der Waals surface area contributed by atoms with Crippen LogP contribution in [0.25, 0.3) is 0 Å². The quantitative estimate of drug-likeness (QED) is 0.312. The van der Waals surface area contributed by atoms with Gasteiger partial charge in [0.05, 0.1) is 17.5 Å². The zero-order valence-electron chi connectivity index (χ0n) is 15.5. The van der Waals surface area contributed by atoms with E-state index in [-0.39, 0.29) is 5.78 Å². The molecule has 1 aromatic heterocycles. The molecule has 0 saturated carbocycles. The summed E-state index contributed by atoms with van der Waals surface area (Å²) in [6.45, 7) is 2.46. The molecule has 142 valence electrons. The van der Waals surface area contributed by atoms with Gasteiger partial charge in [0.15, 0.2) is 16.7 Å². The minimum atomic E-state index is -0.676. The first-order chi connectivity index (χ1) is 13.5. The van der Waals surface area contributed by atoms with Gasteiger partial charge in [-0.1, -0.05) is 72.0 Å². The van der Waals surface area contributed by atoms with Gasteiger partial charge in [-0.15, -0.1) is 0 Å². The van der Waals surface area contributed by atoms with Crippen LogP contribution in [0.3, 0.4) is 0 Å². The highest BCUT2D eigenvalue weighted by atomic mass is 32.1. The van der Waals surface area contributed by atoms with Crippen LogP contribution in [-0.2, 0) is 22.7 Å². The highest BCUT2D eigenvalue weighted by Crippen LogP contribution is 2.27. The Hall–Kier alpha value is -3.12. The highest BCUT2D eigenvalue weighted by molar-refractivity contribution is 7.17. The monoisotopic (exact) mass is 392 g/mol. The average Bonchev–Trinajstić information content (AvgIpc) is 3.19. The highest BCUT2D eigenvalue weighted by Gasteiger charge is 2.20. The van der Waals surface area contributed by atoms with Gasteiger partial charge in [0.2, 0.25) is 5.78 Å². The minimum Gasteiger partial charge on any atom is -0.339 e. The molecule has 0 amide bonds. The van der Waals surface area contributed by atoms with Crippen LogP contribution in [0, 0.1) is 0 Å². The molecule has 5 nitrogen and oxygen atoms in total. The van der Waals surface area contributed by atoms with E-state index in [1.54, 1.807) is 0 Å². The van der Waals surface area contributed by atoms with Gasteiger partial charge >= 0.3 is 0 Å². The van der Waals surface area contributed by atoms with Gasteiger partial charge in [0.25, 0.3) is 0 Å². The lowest BCUT2D eigenvalue weighted by Gasteiger charge is -2.22. The Balaban J connectivity index is 1.81. The van der Waals surface area contributed by atoms with Crippen molar-refractivity contribution in [2.75, 3.05) is 4.90 Å². The fraction of sp³-hybridized carbons (Fsp3) is 0.182. The fourth-order valence-electron chi connectivity index (χ4n) is 2.70. The molecule has 3 aromatic rings. The van der Waals surface area contributed by atoms with Crippen molar-refractivity contribution in [3.8, 4) is 0 Å². The molecule has 0 spiro atoms. The van der Waals surface area contributed by atoms with Crippen molar-refractivity contribution in [3.63, 3.8) is 0 Å². The lowest BCUT2D eigenvalue weighted by molar-refractivity contribution is -0.134. The van der Waals surface area contributed by atoms with Crippen molar-refractivity contribution < 1.29 is 14.4 Å². The Morgan fingerprint density at radius 2 is 1.43 bits per heavy atom. The number of thiazole rings is 1. The van der Waals surface area contributed by atoms with E-state index >= 15 is 0 Å². The predicted octanol–water partition coefficient (Wildman–Crippen LogP) is 4.08. The van der Waals surface area contributed by atoms with Crippen molar-refractivity contribution in [2.45, 2.75) is 26.4 Å². The number of carbonyl (C=O) groups is 3. The second-order valence-electron chi connectivity index (χ2n) is 6.41. The van der Waals surface area contributed by atoms with E-state index in [2.05, 4.69) is 9.88 Å². The smallest absolute Gasteiger partial charge is 0.205 e. The van der Waals surface area contributed by atoms with E-state index in [0.29, 0.717) is 23.1 Å². The summed E-state index contributed by atoms with van der Waals surface area (Å²) in [5, 5.41) is 0.700. The number of aromatic nitrogens is 1. The number of rotatable bonds is 9. The molecule has 0 N–H and O–H groups in total. The van der Waals surface area contributed by atoms with Gasteiger partial charge in [-0.3, -0.25) is 14.4 Å². The predicted molar refractivity (Wildman–Crippen MR) is 110 cm³/mol. The Morgan fingerprint density at radius 3 is 1.93 bits per heavy atom. The molecule has 2 aromatic carbocycles. The van der Waals surface area contributed by atoms with Crippen LogP contribution >= 0.6 is 11.3 Å². The van der Waals surface area contributed by atoms with E-state index in [1.165, 1.54) is 24.5 Å². The second-order valence-corrected chi connectivity index (χ2v) is 7.42. The third-order valence-electron chi connectivity index (χ3n) is 4.19. The first-order valence-corrected chi connectivity index (χ1v) is 9.70. The summed E-state index contributed by atoms with van der Waals surface area (Å²) >= 11 is 1.24. The molecule has 0 radical (unpaired) electrons. The van der Waals surface area contributed by atoms with Crippen molar-refractivity contribution in [1.82, 2.24) is 4.98 Å². The molecule has 0 fully saturated rings. The largest absolute Gasteiger partial charge is 0.339 e. The maximum Gasteiger partial charge on any atom is 0.205 e. The summed E-state index contributed by atoms with van der Waals surface area (Å²) in [5.41, 5.74) is 2.27. The first-order valence-electron chi connectivity index (χ1n) is 8.88. The fourth-order valence-corrected chi connectivity index (χ4v) is 3.55. The standard InChI is InChI=1S/C22H20N2O3S/c1-16(25)19(26)12-20(27)21-13-23-22(28-21)24(14-17-8-4-2-5-9-17)15-18-10-6-3-7-11-18/h2-11,13H,12,14-15H2,1H3. The van der Waals surface area contributed by atoms with Crippen molar-refractivity contribution in [3.05, 3.63) is 82.9 Å². The van der Waals surface area contributed by atoms with Gasteiger partial charge in [0.1, 0.15) is 0 Å². The first kappa shape index (κ1) is 19.6. The summed E-state index contributed by atoms with van der Waals surface area (Å²) in [6, 6.07) is 20.1. The molecule has 0 aliphatic rings. The van der Waals surface area contributed by atoms with E-state index < -0.39 is 18.0 Å². The minimum absolute atomic E-state index is 0.372. The van der Waals surface area contributed by atoms with Crippen LogP contribution in [0.15, 0.2) is 66.9 Å². The number of ketones is 3. The molecule has 0 aliphatic heterocycles. The maximum atomic E-state index is 12.3. The molecular formula is C22H20N2O3S. The topological polar surface area (TPSA) is 67.3 Å². The average molecular weight is 392 g/mol. The van der Waals surface area contributed by atoms with Gasteiger partial charge in [0, 0.05) is 20.0 Å². The van der Waals surface area contributed by atoms with Crippen LogP contribution < -0.4 is 4.90 Å². The maximum absolute atomic E-state index is 12.3. The Kier molecular flexibility index (Phi) is 6.45. The number of hydrogen-bond acceptors (Lipinski definition) is 6. The van der Waals surface area contributed by atoms with Crippen molar-refractivity contribution >= 4 is 33.8 Å². The number of benzene rings is 2. The summed E-state index contributed by atoms with van der Waals surface area (Å²) in [4.78, 5) is 41.8. The lowest BCUT2D eigenvalue weighted by Crippen LogP contribution is -2.21. The van der Waals surface area contributed by atoms with Crippen LogP contribution in [0.1, 0.15) is 34.1 Å². The second kappa shape index (κ2) is 9.19. The van der Waals surface area contributed by atoms with Crippen LogP contribution in [0.5, 0.6) is 0 Å². The number of carbonyl (C=O) groups excluding carboxylic acids is 3. The van der Waals surface area contributed by atoms with Crippen LogP contribution in [0.2, 0.25) is 0 Å². The van der Waals surface area contributed by atoms with Crippen molar-refractivity contribution in [1.29, 1.82) is 0 Å². The molecule has 0 saturated heterocycles. The Labute approximate surface area is 167 Å². The van der Waals surface area contributed by atoms with Crippen LogP contribution in [-0.4, -0.2) is 22.3 Å². The molecule has 1 heterocycles.